The van der Waals surface area contributed by atoms with Gasteiger partial charge in [0.25, 0.3) is 0 Å². The fraction of sp³-hybridized carbons (Fsp3) is 0.900. The van der Waals surface area contributed by atoms with Gasteiger partial charge in [-0.2, -0.15) is 0 Å². The van der Waals surface area contributed by atoms with E-state index in [1.54, 1.807) is 0 Å². The van der Waals surface area contributed by atoms with Crippen molar-refractivity contribution in [3.63, 3.8) is 0 Å². The van der Waals surface area contributed by atoms with Crippen LogP contribution in [-0.2, 0) is 9.53 Å². The highest BCUT2D eigenvalue weighted by Crippen LogP contribution is 2.37. The second-order valence-corrected chi connectivity index (χ2v) is 4.85. The number of hydrogen-bond donors (Lipinski definition) is 0. The first-order chi connectivity index (χ1) is 6.30. The molecule has 1 rings (SSSR count). The molecule has 0 unspecified atom stereocenters. The van der Waals surface area contributed by atoms with Crippen LogP contribution in [0.5, 0.6) is 0 Å². The highest BCUT2D eigenvalue weighted by Gasteiger charge is 2.37. The quantitative estimate of drug-likeness (QED) is 0.569. The van der Waals surface area contributed by atoms with E-state index in [9.17, 15) is 13.6 Å². The number of carbonyl (C=O) groups is 1. The lowest BCUT2D eigenvalue weighted by molar-refractivity contribution is -0.161. The number of carbonyl (C=O) groups excluding carboxylic acids is 1. The Balaban J connectivity index is 2.75. The van der Waals surface area contributed by atoms with Crippen molar-refractivity contribution in [1.29, 1.82) is 0 Å². The largest absolute Gasteiger partial charge is 0.429 e. The average molecular weight is 206 g/mol. The topological polar surface area (TPSA) is 26.3 Å². The summed E-state index contributed by atoms with van der Waals surface area (Å²) in [5.41, 5.74) is -0.206. The Labute approximate surface area is 82.6 Å². The van der Waals surface area contributed by atoms with Gasteiger partial charge in [-0.1, -0.05) is 20.8 Å². The Bertz CT molecular complexity index is 223. The van der Waals surface area contributed by atoms with Crippen LogP contribution in [0.15, 0.2) is 0 Å². The third kappa shape index (κ3) is 2.66. The second kappa shape index (κ2) is 3.83. The molecule has 0 amide bonds. The molecule has 0 aromatic rings. The van der Waals surface area contributed by atoms with Gasteiger partial charge in [0.05, 0.1) is 0 Å². The summed E-state index contributed by atoms with van der Waals surface area (Å²) in [4.78, 5) is 10.9. The van der Waals surface area contributed by atoms with Gasteiger partial charge in [-0.25, -0.2) is 13.6 Å². The molecule has 1 fully saturated rings. The summed E-state index contributed by atoms with van der Waals surface area (Å²) in [5, 5.41) is 0. The van der Waals surface area contributed by atoms with E-state index >= 15 is 0 Å². The molecule has 82 valence electrons. The third-order valence-electron chi connectivity index (χ3n) is 2.69. The van der Waals surface area contributed by atoms with Crippen LogP contribution < -0.4 is 0 Å². The molecule has 1 aliphatic rings. The molecule has 0 saturated carbocycles. The van der Waals surface area contributed by atoms with E-state index in [0.29, 0.717) is 0 Å². The second-order valence-electron chi connectivity index (χ2n) is 4.85. The molecule has 1 saturated heterocycles. The van der Waals surface area contributed by atoms with Crippen molar-refractivity contribution in [3.05, 3.63) is 0 Å². The molecule has 0 aromatic carbocycles. The van der Waals surface area contributed by atoms with Gasteiger partial charge < -0.3 is 4.74 Å². The van der Waals surface area contributed by atoms with Crippen molar-refractivity contribution < 1.29 is 18.3 Å². The van der Waals surface area contributed by atoms with Crippen LogP contribution in [0.2, 0.25) is 0 Å². The van der Waals surface area contributed by atoms with Crippen LogP contribution in [0.4, 0.5) is 8.78 Å². The summed E-state index contributed by atoms with van der Waals surface area (Å²) >= 11 is 0. The first kappa shape index (κ1) is 11.4. The molecule has 0 aliphatic carbocycles. The van der Waals surface area contributed by atoms with E-state index in [4.69, 9.17) is 0 Å². The maximum atomic E-state index is 13.1. The van der Waals surface area contributed by atoms with E-state index in [-0.39, 0.29) is 24.2 Å². The van der Waals surface area contributed by atoms with Gasteiger partial charge >= 0.3 is 5.97 Å². The first-order valence-electron chi connectivity index (χ1n) is 4.79. The minimum Gasteiger partial charge on any atom is -0.429 e. The molecule has 0 bridgehead atoms. The molecule has 0 radical (unpaired) electrons. The maximum Gasteiger partial charge on any atom is 0.343 e. The van der Waals surface area contributed by atoms with E-state index in [1.807, 2.05) is 20.8 Å². The zero-order valence-corrected chi connectivity index (χ0v) is 8.72. The zero-order valence-electron chi connectivity index (χ0n) is 8.72. The fourth-order valence-electron chi connectivity index (χ4n) is 1.62. The van der Waals surface area contributed by atoms with Crippen LogP contribution in [0, 0.1) is 11.3 Å². The summed E-state index contributed by atoms with van der Waals surface area (Å²) in [6.45, 7) is 5.73. The molecule has 0 aromatic heterocycles. The molecule has 14 heavy (non-hydrogen) atoms. The zero-order chi connectivity index (χ0) is 10.9. The Morgan fingerprint density at radius 2 is 1.86 bits per heavy atom. The number of rotatable bonds is 0. The Morgan fingerprint density at radius 3 is 2.36 bits per heavy atom. The van der Waals surface area contributed by atoms with Crippen molar-refractivity contribution in [2.24, 2.45) is 11.3 Å². The number of hydrogen-bond acceptors (Lipinski definition) is 2. The fourth-order valence-corrected chi connectivity index (χ4v) is 1.62. The van der Waals surface area contributed by atoms with Crippen molar-refractivity contribution in [3.8, 4) is 0 Å². The molecule has 3 atom stereocenters. The summed E-state index contributed by atoms with van der Waals surface area (Å²) in [5.74, 6) is -1.23. The van der Waals surface area contributed by atoms with Crippen LogP contribution in [0.3, 0.4) is 0 Å². The van der Waals surface area contributed by atoms with Crippen LogP contribution in [0.25, 0.3) is 0 Å². The van der Waals surface area contributed by atoms with Crippen molar-refractivity contribution >= 4 is 5.97 Å². The number of alkyl halides is 2. The van der Waals surface area contributed by atoms with E-state index < -0.39 is 18.5 Å². The summed E-state index contributed by atoms with van der Waals surface area (Å²) in [6.07, 6.45) is -3.19. The minimum atomic E-state index is -1.68. The monoisotopic (exact) mass is 206 g/mol. The van der Waals surface area contributed by atoms with Crippen molar-refractivity contribution in [1.82, 2.24) is 0 Å². The van der Waals surface area contributed by atoms with Gasteiger partial charge in [-0.3, -0.25) is 0 Å². The van der Waals surface area contributed by atoms with Crippen LogP contribution in [0.1, 0.15) is 33.6 Å². The van der Waals surface area contributed by atoms with Gasteiger partial charge in [0, 0.05) is 6.42 Å². The summed E-state index contributed by atoms with van der Waals surface area (Å²) < 4.78 is 30.5. The molecular weight excluding hydrogens is 190 g/mol. The van der Waals surface area contributed by atoms with E-state index in [2.05, 4.69) is 4.74 Å². The van der Waals surface area contributed by atoms with Crippen LogP contribution >= 0.6 is 0 Å². The third-order valence-corrected chi connectivity index (χ3v) is 2.69. The van der Waals surface area contributed by atoms with Crippen molar-refractivity contribution in [2.45, 2.75) is 46.1 Å². The molecule has 2 nitrogen and oxygen atoms in total. The number of cyclic esters (lactones) is 1. The highest BCUT2D eigenvalue weighted by atomic mass is 19.1. The number of esters is 1. The normalized spacial score (nSPS) is 34.9. The van der Waals surface area contributed by atoms with Gasteiger partial charge in [-0.15, -0.1) is 0 Å². The molecule has 0 spiro atoms. The lowest BCUT2D eigenvalue weighted by atomic mass is 9.76. The van der Waals surface area contributed by atoms with Gasteiger partial charge in [0.15, 0.2) is 6.17 Å². The smallest absolute Gasteiger partial charge is 0.343 e. The molecular formula is C10H16F2O2. The lowest BCUT2D eigenvalue weighted by Crippen LogP contribution is -2.25. The van der Waals surface area contributed by atoms with Gasteiger partial charge in [-0.05, 0) is 17.8 Å². The van der Waals surface area contributed by atoms with E-state index in [1.165, 1.54) is 0 Å². The molecule has 4 heteroatoms. The summed E-state index contributed by atoms with van der Waals surface area (Å²) in [6, 6.07) is 0. The Morgan fingerprint density at radius 1 is 1.29 bits per heavy atom. The Kier molecular flexibility index (Phi) is 3.12. The number of ether oxygens (including phenoxy) is 1. The first-order valence-corrected chi connectivity index (χ1v) is 4.79. The van der Waals surface area contributed by atoms with Gasteiger partial charge in [0.2, 0.25) is 6.36 Å². The van der Waals surface area contributed by atoms with E-state index in [0.717, 1.165) is 0 Å². The number of halogens is 2. The summed E-state index contributed by atoms with van der Waals surface area (Å²) in [7, 11) is 0. The predicted octanol–water partition coefficient (Wildman–Crippen LogP) is 2.62. The standard InChI is InChI=1S/C10H16F2O2/c1-10(2,3)6-4-7(11)9(13)14-8(12)5-6/h6-8H,4-5H2,1-3H3/t6-,7+,8-/m1/s1. The Hall–Kier alpha value is -0.670. The lowest BCUT2D eigenvalue weighted by Gasteiger charge is -2.29. The maximum absolute atomic E-state index is 13.1. The minimum absolute atomic E-state index is 0.0583. The molecule has 1 heterocycles. The molecule has 1 aliphatic heterocycles. The predicted molar refractivity (Wildman–Crippen MR) is 48.1 cm³/mol. The van der Waals surface area contributed by atoms with Crippen LogP contribution in [-0.4, -0.2) is 18.5 Å². The molecule has 0 N–H and O–H groups in total. The average Bonchev–Trinajstić information content (AvgIpc) is 2.11. The van der Waals surface area contributed by atoms with Crippen molar-refractivity contribution in [2.75, 3.05) is 0 Å². The van der Waals surface area contributed by atoms with Gasteiger partial charge in [0.1, 0.15) is 0 Å². The SMILES string of the molecule is CC(C)(C)[C@H]1C[C@H](F)OC(=O)[C@@H](F)C1. The highest BCUT2D eigenvalue weighted by molar-refractivity contribution is 5.74.